The van der Waals surface area contributed by atoms with Gasteiger partial charge >= 0.3 is 0 Å². The van der Waals surface area contributed by atoms with Crippen LogP contribution in [-0.2, 0) is 0 Å². The summed E-state index contributed by atoms with van der Waals surface area (Å²) in [5, 5.41) is 0. The zero-order valence-corrected chi connectivity index (χ0v) is 23.7. The lowest BCUT2D eigenvalue weighted by Gasteiger charge is -1.07. The molecule has 0 rings (SSSR count). The van der Waals surface area contributed by atoms with Crippen LogP contribution < -0.4 is 0 Å². The fourth-order valence-corrected chi connectivity index (χ4v) is 0. The molecule has 0 radical (unpaired) electrons. The normalized spacial score (nSPS) is 2.00. The van der Waals surface area contributed by atoms with Crippen molar-refractivity contribution >= 4 is 120 Å². The van der Waals surface area contributed by atoms with Gasteiger partial charge in [0.15, 0.2) is 0 Å². The van der Waals surface area contributed by atoms with Crippen LogP contribution in [0.3, 0.4) is 0 Å². The summed E-state index contributed by atoms with van der Waals surface area (Å²) in [6, 6.07) is 0. The summed E-state index contributed by atoms with van der Waals surface area (Å²) in [6.45, 7) is 20.0. The molecule has 0 aliphatic heterocycles. The van der Waals surface area contributed by atoms with Crippen LogP contribution in [0.25, 0.3) is 0 Å². The van der Waals surface area contributed by atoms with Gasteiger partial charge in [0.05, 0.1) is 0 Å². The SMILES string of the molecule is CC.CC.CC.CC.CC.I.I.I.I.I. The van der Waals surface area contributed by atoms with Crippen LogP contribution in [0, 0.1) is 0 Å². The van der Waals surface area contributed by atoms with Crippen LogP contribution in [0.1, 0.15) is 69.2 Å². The van der Waals surface area contributed by atoms with Crippen molar-refractivity contribution in [1.29, 1.82) is 0 Å². The quantitative estimate of drug-likeness (QED) is 0.217. The van der Waals surface area contributed by atoms with E-state index < -0.39 is 0 Å². The number of hydrogen-bond donors (Lipinski definition) is 0. The molecule has 0 unspecified atom stereocenters. The maximum atomic E-state index is 2.00. The number of rotatable bonds is 0. The molecule has 0 saturated carbocycles. The second-order valence-electron chi connectivity index (χ2n) is 0. The van der Waals surface area contributed by atoms with Gasteiger partial charge < -0.3 is 0 Å². The minimum absolute atomic E-state index is 0. The molecule has 0 aromatic rings. The van der Waals surface area contributed by atoms with Crippen LogP contribution in [0.15, 0.2) is 0 Å². The summed E-state index contributed by atoms with van der Waals surface area (Å²) in [6.07, 6.45) is 0. The molecule has 0 spiro atoms. The minimum atomic E-state index is 0. The van der Waals surface area contributed by atoms with Gasteiger partial charge in [0.1, 0.15) is 0 Å². The van der Waals surface area contributed by atoms with Gasteiger partial charge in [0.25, 0.3) is 0 Å². The first-order valence-corrected chi connectivity index (χ1v) is 5.00. The molecule has 0 fully saturated rings. The molecule has 0 nitrogen and oxygen atoms in total. The number of hydrogen-bond acceptors (Lipinski definition) is 0. The van der Waals surface area contributed by atoms with E-state index in [4.69, 9.17) is 0 Å². The van der Waals surface area contributed by atoms with Crippen LogP contribution in [0.4, 0.5) is 0 Å². The predicted octanol–water partition coefficient (Wildman–Crippen LogP) is 8.22. The average Bonchev–Trinajstić information content (AvgIpc) is 2.20. The van der Waals surface area contributed by atoms with Gasteiger partial charge in [-0.05, 0) is 0 Å². The van der Waals surface area contributed by atoms with E-state index in [9.17, 15) is 0 Å². The highest BCUT2D eigenvalue weighted by atomic mass is 127. The molecule has 0 aliphatic rings. The highest BCUT2D eigenvalue weighted by molar-refractivity contribution is 14.0. The van der Waals surface area contributed by atoms with E-state index in [1.807, 2.05) is 69.2 Å². The Morgan fingerprint density at radius 3 is 0.200 bits per heavy atom. The largest absolute Gasteiger partial charge is 0.107 e. The third-order valence-corrected chi connectivity index (χ3v) is 0. The lowest BCUT2D eigenvalue weighted by atomic mass is 11.0. The van der Waals surface area contributed by atoms with Crippen molar-refractivity contribution in [2.24, 2.45) is 0 Å². The van der Waals surface area contributed by atoms with Crippen molar-refractivity contribution in [1.82, 2.24) is 0 Å². The van der Waals surface area contributed by atoms with Gasteiger partial charge in [0.2, 0.25) is 0 Å². The van der Waals surface area contributed by atoms with Crippen LogP contribution in [0.5, 0.6) is 0 Å². The van der Waals surface area contributed by atoms with E-state index in [-0.39, 0.29) is 120 Å². The highest BCUT2D eigenvalue weighted by Crippen LogP contribution is 1.15. The van der Waals surface area contributed by atoms with Crippen molar-refractivity contribution in [2.45, 2.75) is 69.2 Å². The Morgan fingerprint density at radius 1 is 0.200 bits per heavy atom. The van der Waals surface area contributed by atoms with Crippen molar-refractivity contribution in [3.8, 4) is 0 Å². The smallest absolute Gasteiger partial charge is 0.0683 e. The fraction of sp³-hybridized carbons (Fsp3) is 1.00. The molecule has 0 atom stereocenters. The van der Waals surface area contributed by atoms with Gasteiger partial charge in [0, 0.05) is 0 Å². The third kappa shape index (κ3) is 324. The summed E-state index contributed by atoms with van der Waals surface area (Å²) in [7, 11) is 0. The minimum Gasteiger partial charge on any atom is -0.107 e. The zero-order chi connectivity index (χ0) is 10.0. The van der Waals surface area contributed by atoms with Crippen molar-refractivity contribution in [3.63, 3.8) is 0 Å². The lowest BCUT2D eigenvalue weighted by molar-refractivity contribution is 1.50. The maximum Gasteiger partial charge on any atom is -0.0683 e. The Bertz CT molecular complexity index is 13.8. The maximum absolute atomic E-state index is 2.00. The lowest BCUT2D eigenvalue weighted by Crippen LogP contribution is -0.856. The Balaban J connectivity index is -0.00000000240. The molecule has 0 heterocycles. The first-order valence-electron chi connectivity index (χ1n) is 5.00. The van der Waals surface area contributed by atoms with Crippen LogP contribution in [0.2, 0.25) is 0 Å². The van der Waals surface area contributed by atoms with Crippen molar-refractivity contribution in [2.75, 3.05) is 0 Å². The molecule has 0 amide bonds. The second-order valence-corrected chi connectivity index (χ2v) is 0. The van der Waals surface area contributed by atoms with Crippen molar-refractivity contribution in [3.05, 3.63) is 0 Å². The Kier molecular flexibility index (Phi) is 1900. The van der Waals surface area contributed by atoms with E-state index in [1.54, 1.807) is 0 Å². The number of halogens is 5. The van der Waals surface area contributed by atoms with Gasteiger partial charge in [-0.1, -0.05) is 69.2 Å². The highest BCUT2D eigenvalue weighted by Gasteiger charge is 0.940. The van der Waals surface area contributed by atoms with E-state index in [2.05, 4.69) is 0 Å². The first kappa shape index (κ1) is 77.6. The van der Waals surface area contributed by atoms with E-state index in [0.29, 0.717) is 0 Å². The Hall–Kier alpha value is 3.65. The molecular weight excluding hydrogens is 755 g/mol. The zero-order valence-electron chi connectivity index (χ0n) is 12.0. The molecule has 0 bridgehead atoms. The predicted molar refractivity (Wildman–Crippen MR) is 134 cm³/mol. The van der Waals surface area contributed by atoms with Crippen molar-refractivity contribution < 1.29 is 0 Å². The van der Waals surface area contributed by atoms with Gasteiger partial charge in [-0.25, -0.2) is 0 Å². The molecule has 0 aliphatic carbocycles. The third-order valence-electron chi connectivity index (χ3n) is 0. The summed E-state index contributed by atoms with van der Waals surface area (Å²) >= 11 is 0. The topological polar surface area (TPSA) is 0 Å². The van der Waals surface area contributed by atoms with Gasteiger partial charge in [-0.2, -0.15) is 0 Å². The molecular formula is C10H35I5. The van der Waals surface area contributed by atoms with Crippen LogP contribution >= 0.6 is 120 Å². The molecule has 0 aromatic heterocycles. The monoisotopic (exact) mass is 790 g/mol. The second kappa shape index (κ2) is 367. The summed E-state index contributed by atoms with van der Waals surface area (Å²) in [5.41, 5.74) is 0. The standard InChI is InChI=1S/5C2H6.5HI/c5*1-2;;;;;/h5*1-2H3;5*1H. The molecule has 0 saturated heterocycles. The molecule has 110 valence electrons. The summed E-state index contributed by atoms with van der Waals surface area (Å²) in [5.74, 6) is 0. The first-order chi connectivity index (χ1) is 5.00. The van der Waals surface area contributed by atoms with E-state index in [0.717, 1.165) is 0 Å². The van der Waals surface area contributed by atoms with E-state index in [1.165, 1.54) is 0 Å². The average molecular weight is 790 g/mol. The molecule has 0 aromatic carbocycles. The fourth-order valence-electron chi connectivity index (χ4n) is 0. The Labute approximate surface area is 186 Å². The molecule has 15 heavy (non-hydrogen) atoms. The van der Waals surface area contributed by atoms with E-state index >= 15 is 0 Å². The summed E-state index contributed by atoms with van der Waals surface area (Å²) < 4.78 is 0. The molecule has 5 heteroatoms. The summed E-state index contributed by atoms with van der Waals surface area (Å²) in [4.78, 5) is 0. The Morgan fingerprint density at radius 2 is 0.200 bits per heavy atom. The van der Waals surface area contributed by atoms with Crippen LogP contribution in [-0.4, -0.2) is 0 Å². The van der Waals surface area contributed by atoms with Gasteiger partial charge in [-0.15, -0.1) is 120 Å². The molecule has 0 N–H and O–H groups in total. The van der Waals surface area contributed by atoms with Gasteiger partial charge in [-0.3, -0.25) is 0 Å².